The van der Waals surface area contributed by atoms with Crippen LogP contribution in [0.15, 0.2) is 48.5 Å². The molecular formula is C17H14ClFN2S. The van der Waals surface area contributed by atoms with Crippen molar-refractivity contribution >= 4 is 33.8 Å². The average molecular weight is 333 g/mol. The number of halogens is 2. The summed E-state index contributed by atoms with van der Waals surface area (Å²) in [5.41, 5.74) is 2.83. The van der Waals surface area contributed by atoms with Gasteiger partial charge in [-0.05, 0) is 42.8 Å². The Kier molecular flexibility index (Phi) is 4.41. The summed E-state index contributed by atoms with van der Waals surface area (Å²) < 4.78 is 13.0. The third kappa shape index (κ3) is 3.29. The Morgan fingerprint density at radius 2 is 1.77 bits per heavy atom. The first kappa shape index (κ1) is 15.0. The lowest BCUT2D eigenvalue weighted by Crippen LogP contribution is -1.89. The third-order valence-corrected chi connectivity index (χ3v) is 4.60. The Labute approximate surface area is 137 Å². The lowest BCUT2D eigenvalue weighted by Gasteiger charge is -2.01. The zero-order valence-corrected chi connectivity index (χ0v) is 13.5. The second-order valence-corrected chi connectivity index (χ2v) is 6.30. The van der Waals surface area contributed by atoms with E-state index in [-0.39, 0.29) is 5.82 Å². The van der Waals surface area contributed by atoms with Crippen LogP contribution >= 0.6 is 22.9 Å². The molecule has 22 heavy (non-hydrogen) atoms. The van der Waals surface area contributed by atoms with E-state index in [9.17, 15) is 4.39 Å². The monoisotopic (exact) mass is 332 g/mol. The molecule has 3 aromatic rings. The van der Waals surface area contributed by atoms with Gasteiger partial charge in [-0.1, -0.05) is 30.7 Å². The molecule has 0 radical (unpaired) electrons. The molecule has 0 fully saturated rings. The van der Waals surface area contributed by atoms with E-state index in [1.165, 1.54) is 17.0 Å². The lowest BCUT2D eigenvalue weighted by molar-refractivity contribution is 0.628. The highest BCUT2D eigenvalue weighted by Gasteiger charge is 2.12. The Morgan fingerprint density at radius 3 is 2.41 bits per heavy atom. The molecule has 0 amide bonds. The predicted molar refractivity (Wildman–Crippen MR) is 91.6 cm³/mol. The Hall–Kier alpha value is -1.91. The maximum atomic E-state index is 13.0. The number of aryl methyl sites for hydroxylation is 1. The van der Waals surface area contributed by atoms with E-state index in [1.807, 2.05) is 24.3 Å². The van der Waals surface area contributed by atoms with Crippen LogP contribution in [0, 0.1) is 5.82 Å². The molecule has 0 unspecified atom stereocenters. The largest absolute Gasteiger partial charge is 0.332 e. The number of thiazole rings is 1. The van der Waals surface area contributed by atoms with Crippen molar-refractivity contribution < 1.29 is 4.39 Å². The van der Waals surface area contributed by atoms with Gasteiger partial charge in [0, 0.05) is 21.2 Å². The number of hydrogen-bond donors (Lipinski definition) is 1. The van der Waals surface area contributed by atoms with E-state index in [0.717, 1.165) is 28.5 Å². The quantitative estimate of drug-likeness (QED) is 0.642. The summed E-state index contributed by atoms with van der Waals surface area (Å²) in [7, 11) is 0. The molecule has 0 bridgehead atoms. The molecule has 0 spiro atoms. The van der Waals surface area contributed by atoms with Gasteiger partial charge in [-0.25, -0.2) is 9.37 Å². The van der Waals surface area contributed by atoms with Gasteiger partial charge in [0.05, 0.1) is 5.69 Å². The van der Waals surface area contributed by atoms with Crippen LogP contribution in [0.2, 0.25) is 5.02 Å². The van der Waals surface area contributed by atoms with Gasteiger partial charge in [-0.2, -0.15) is 0 Å². The highest BCUT2D eigenvalue weighted by molar-refractivity contribution is 7.16. The summed E-state index contributed by atoms with van der Waals surface area (Å²) in [5, 5.41) is 4.73. The fourth-order valence-electron chi connectivity index (χ4n) is 2.13. The van der Waals surface area contributed by atoms with E-state index in [0.29, 0.717) is 5.02 Å². The van der Waals surface area contributed by atoms with E-state index >= 15 is 0 Å². The minimum Gasteiger partial charge on any atom is -0.332 e. The average Bonchev–Trinajstić information content (AvgIpc) is 2.93. The van der Waals surface area contributed by atoms with Gasteiger partial charge in [-0.3, -0.25) is 0 Å². The van der Waals surface area contributed by atoms with Crippen LogP contribution in [0.5, 0.6) is 0 Å². The Balaban J connectivity index is 1.90. The van der Waals surface area contributed by atoms with E-state index in [2.05, 4.69) is 17.2 Å². The standard InChI is InChI=1S/C17H14ClFN2S/c1-2-15-16(11-3-5-12(18)6-4-11)21-17(22-15)20-14-9-7-13(19)8-10-14/h3-10H,2H2,1H3,(H,20,21). The second kappa shape index (κ2) is 6.46. The first-order valence-corrected chi connectivity index (χ1v) is 8.13. The van der Waals surface area contributed by atoms with Crippen molar-refractivity contribution in [3.05, 3.63) is 64.2 Å². The zero-order valence-electron chi connectivity index (χ0n) is 11.9. The molecule has 2 nitrogen and oxygen atoms in total. The van der Waals surface area contributed by atoms with Crippen LogP contribution < -0.4 is 5.32 Å². The Morgan fingerprint density at radius 1 is 1.09 bits per heavy atom. The third-order valence-electron chi connectivity index (χ3n) is 3.23. The van der Waals surface area contributed by atoms with Crippen molar-refractivity contribution in [2.24, 2.45) is 0 Å². The minimum absolute atomic E-state index is 0.249. The number of anilines is 2. The number of aromatic nitrogens is 1. The van der Waals surface area contributed by atoms with Crippen molar-refractivity contribution in [2.75, 3.05) is 5.32 Å². The molecule has 0 saturated heterocycles. The van der Waals surface area contributed by atoms with E-state index in [1.54, 1.807) is 23.5 Å². The van der Waals surface area contributed by atoms with Crippen LogP contribution in [0.4, 0.5) is 15.2 Å². The summed E-state index contributed by atoms with van der Waals surface area (Å²) in [6, 6.07) is 13.9. The van der Waals surface area contributed by atoms with E-state index in [4.69, 9.17) is 11.6 Å². The second-order valence-electron chi connectivity index (χ2n) is 4.78. The summed E-state index contributed by atoms with van der Waals surface area (Å²) in [4.78, 5) is 5.87. The molecule has 0 saturated carbocycles. The van der Waals surface area contributed by atoms with Crippen molar-refractivity contribution in [3.63, 3.8) is 0 Å². The molecule has 0 atom stereocenters. The fourth-order valence-corrected chi connectivity index (χ4v) is 3.20. The van der Waals surface area contributed by atoms with Crippen LogP contribution in [-0.2, 0) is 6.42 Å². The molecule has 1 aromatic heterocycles. The van der Waals surface area contributed by atoms with Gasteiger partial charge >= 0.3 is 0 Å². The van der Waals surface area contributed by atoms with E-state index < -0.39 is 0 Å². The summed E-state index contributed by atoms with van der Waals surface area (Å²) >= 11 is 7.55. The van der Waals surface area contributed by atoms with Crippen molar-refractivity contribution in [3.8, 4) is 11.3 Å². The smallest absolute Gasteiger partial charge is 0.187 e. The molecule has 1 N–H and O–H groups in total. The molecule has 0 aliphatic carbocycles. The van der Waals surface area contributed by atoms with Gasteiger partial charge in [0.1, 0.15) is 5.82 Å². The number of hydrogen-bond acceptors (Lipinski definition) is 3. The highest BCUT2D eigenvalue weighted by Crippen LogP contribution is 2.33. The van der Waals surface area contributed by atoms with Gasteiger partial charge in [0.2, 0.25) is 0 Å². The molecule has 0 aliphatic heterocycles. The summed E-state index contributed by atoms with van der Waals surface area (Å²) in [5.74, 6) is -0.249. The number of benzene rings is 2. The molecule has 1 heterocycles. The zero-order chi connectivity index (χ0) is 15.5. The van der Waals surface area contributed by atoms with Crippen molar-refractivity contribution in [1.29, 1.82) is 0 Å². The van der Waals surface area contributed by atoms with Crippen LogP contribution in [-0.4, -0.2) is 4.98 Å². The molecule has 0 aliphatic rings. The van der Waals surface area contributed by atoms with Crippen LogP contribution in [0.1, 0.15) is 11.8 Å². The number of nitrogens with one attached hydrogen (secondary N) is 1. The minimum atomic E-state index is -0.249. The first-order chi connectivity index (χ1) is 10.7. The molecule has 2 aromatic carbocycles. The maximum Gasteiger partial charge on any atom is 0.187 e. The normalized spacial score (nSPS) is 10.7. The van der Waals surface area contributed by atoms with Gasteiger partial charge in [0.25, 0.3) is 0 Å². The maximum absolute atomic E-state index is 13.0. The SMILES string of the molecule is CCc1sc(Nc2ccc(F)cc2)nc1-c1ccc(Cl)cc1. The van der Waals surface area contributed by atoms with Gasteiger partial charge in [-0.15, -0.1) is 11.3 Å². The lowest BCUT2D eigenvalue weighted by atomic mass is 10.1. The topological polar surface area (TPSA) is 24.9 Å². The summed E-state index contributed by atoms with van der Waals surface area (Å²) in [6.07, 6.45) is 0.903. The van der Waals surface area contributed by atoms with Gasteiger partial charge < -0.3 is 5.32 Å². The van der Waals surface area contributed by atoms with Crippen molar-refractivity contribution in [1.82, 2.24) is 4.98 Å². The van der Waals surface area contributed by atoms with Crippen LogP contribution in [0.25, 0.3) is 11.3 Å². The predicted octanol–water partition coefficient (Wildman–Crippen LogP) is 5.91. The molecular weight excluding hydrogens is 319 g/mol. The molecule has 5 heteroatoms. The number of nitrogens with zero attached hydrogens (tertiary/aromatic N) is 1. The molecule has 112 valence electrons. The summed E-state index contributed by atoms with van der Waals surface area (Å²) in [6.45, 7) is 2.11. The van der Waals surface area contributed by atoms with Crippen LogP contribution in [0.3, 0.4) is 0 Å². The highest BCUT2D eigenvalue weighted by atomic mass is 35.5. The Bertz CT molecular complexity index is 766. The van der Waals surface area contributed by atoms with Crippen molar-refractivity contribution in [2.45, 2.75) is 13.3 Å². The van der Waals surface area contributed by atoms with Gasteiger partial charge in [0.15, 0.2) is 5.13 Å². The first-order valence-electron chi connectivity index (χ1n) is 6.94. The molecule has 3 rings (SSSR count). The number of rotatable bonds is 4. The fraction of sp³-hybridized carbons (Fsp3) is 0.118.